The van der Waals surface area contributed by atoms with Gasteiger partial charge in [0.2, 0.25) is 11.8 Å². The van der Waals surface area contributed by atoms with Crippen LogP contribution in [0, 0.1) is 17.3 Å². The molecular weight excluding hydrogens is 382 g/mol. The van der Waals surface area contributed by atoms with Gasteiger partial charge in [0, 0.05) is 19.2 Å². The fourth-order valence-corrected chi connectivity index (χ4v) is 4.02. The zero-order valence-electron chi connectivity index (χ0n) is 20.2. The Bertz CT molecular complexity index is 666. The zero-order chi connectivity index (χ0) is 23.4. The summed E-state index contributed by atoms with van der Waals surface area (Å²) in [6, 6.07) is -1.32. The lowest BCUT2D eigenvalue weighted by molar-refractivity contribution is -0.141. The first-order chi connectivity index (χ1) is 13.7. The van der Waals surface area contributed by atoms with E-state index in [1.807, 2.05) is 41.7 Å². The highest BCUT2D eigenvalue weighted by atomic mass is 16.4. The van der Waals surface area contributed by atoms with Gasteiger partial charge in [-0.2, -0.15) is 0 Å². The molecule has 7 heteroatoms. The molecule has 2 N–H and O–H groups in total. The van der Waals surface area contributed by atoms with Crippen LogP contribution in [0.15, 0.2) is 11.6 Å². The number of carboxylic acids is 1. The van der Waals surface area contributed by atoms with Gasteiger partial charge in [0.1, 0.15) is 6.04 Å². The topological polar surface area (TPSA) is 90.0 Å². The van der Waals surface area contributed by atoms with Crippen LogP contribution in [-0.2, 0) is 14.4 Å². The van der Waals surface area contributed by atoms with Crippen molar-refractivity contribution in [2.24, 2.45) is 17.3 Å². The van der Waals surface area contributed by atoms with Crippen LogP contribution in [0.3, 0.4) is 0 Å². The van der Waals surface area contributed by atoms with Crippen molar-refractivity contribution in [3.05, 3.63) is 11.6 Å². The van der Waals surface area contributed by atoms with E-state index in [1.54, 1.807) is 18.0 Å². The van der Waals surface area contributed by atoms with E-state index < -0.39 is 17.4 Å². The molecule has 0 bridgehead atoms. The van der Waals surface area contributed by atoms with Crippen molar-refractivity contribution in [3.63, 3.8) is 0 Å². The average molecular weight is 424 g/mol. The molecule has 0 aliphatic carbocycles. The van der Waals surface area contributed by atoms with E-state index in [9.17, 15) is 19.5 Å². The number of likely N-dealkylation sites (tertiary alicyclic amines) is 1. The summed E-state index contributed by atoms with van der Waals surface area (Å²) < 4.78 is 0. The van der Waals surface area contributed by atoms with Gasteiger partial charge in [0.25, 0.3) is 0 Å². The highest BCUT2D eigenvalue weighted by Gasteiger charge is 2.39. The molecule has 0 saturated carbocycles. The summed E-state index contributed by atoms with van der Waals surface area (Å²) in [5, 5.41) is 12.3. The molecule has 1 aliphatic rings. The molecule has 0 aromatic carbocycles. The van der Waals surface area contributed by atoms with Crippen LogP contribution in [0.4, 0.5) is 0 Å². The van der Waals surface area contributed by atoms with Crippen LogP contribution in [0.5, 0.6) is 0 Å². The Morgan fingerprint density at radius 1 is 1.20 bits per heavy atom. The van der Waals surface area contributed by atoms with Crippen molar-refractivity contribution >= 4 is 17.8 Å². The molecule has 0 radical (unpaired) electrons. The summed E-state index contributed by atoms with van der Waals surface area (Å²) in [5.41, 5.74) is -0.295. The molecule has 1 saturated heterocycles. The number of hydrogen-bond acceptors (Lipinski definition) is 4. The number of aliphatic carboxylic acids is 1. The van der Waals surface area contributed by atoms with E-state index >= 15 is 0 Å². The van der Waals surface area contributed by atoms with Crippen LogP contribution in [0.2, 0.25) is 0 Å². The molecule has 1 fully saturated rings. The maximum Gasteiger partial charge on any atom is 0.331 e. The number of rotatable bonds is 7. The molecule has 30 heavy (non-hydrogen) atoms. The summed E-state index contributed by atoms with van der Waals surface area (Å²) in [7, 11) is 3.63. The second-order valence-electron chi connectivity index (χ2n) is 10.3. The SMILES string of the molecule is CC(=C[C@H](C(C)C)N(C)C(=O)[C@@H](NC(=O)C1CCC(C)CN1C)C(C)(C)C)C(=O)O. The molecule has 1 heterocycles. The van der Waals surface area contributed by atoms with Gasteiger partial charge >= 0.3 is 5.97 Å². The molecule has 1 aliphatic heterocycles. The first-order valence-corrected chi connectivity index (χ1v) is 10.9. The van der Waals surface area contributed by atoms with Crippen molar-refractivity contribution in [3.8, 4) is 0 Å². The minimum absolute atomic E-state index is 0.0236. The van der Waals surface area contributed by atoms with E-state index in [1.165, 1.54) is 6.92 Å². The number of carboxylic acid groups (broad SMARTS) is 1. The number of nitrogens with zero attached hydrogens (tertiary/aromatic N) is 2. The summed E-state index contributed by atoms with van der Waals surface area (Å²) in [6.45, 7) is 14.3. The lowest BCUT2D eigenvalue weighted by Crippen LogP contribution is -2.60. The molecule has 0 aromatic rings. The Kier molecular flexibility index (Phi) is 9.08. The quantitative estimate of drug-likeness (QED) is 0.615. The third-order valence-electron chi connectivity index (χ3n) is 6.00. The number of piperidine rings is 1. The average Bonchev–Trinajstić information content (AvgIpc) is 2.61. The molecule has 4 atom stereocenters. The maximum atomic E-state index is 13.5. The third kappa shape index (κ3) is 6.83. The van der Waals surface area contributed by atoms with Crippen LogP contribution in [0.25, 0.3) is 0 Å². The predicted octanol–water partition coefficient (Wildman–Crippen LogP) is 2.76. The van der Waals surface area contributed by atoms with E-state index in [0.29, 0.717) is 5.92 Å². The first kappa shape index (κ1) is 26.1. The minimum Gasteiger partial charge on any atom is -0.478 e. The minimum atomic E-state index is -1.00. The Morgan fingerprint density at radius 2 is 1.77 bits per heavy atom. The highest BCUT2D eigenvalue weighted by Crippen LogP contribution is 2.25. The standard InChI is InChI=1S/C23H41N3O4/c1-14(2)18(12-16(4)22(29)30)26(9)21(28)19(23(5,6)7)24-20(27)17-11-10-15(3)13-25(17)8/h12,14-15,17-19H,10-11,13H2,1-9H3,(H,24,27)(H,29,30)/t15?,17?,18-,19-/m1/s1. The summed E-state index contributed by atoms with van der Waals surface area (Å²) >= 11 is 0. The van der Waals surface area contributed by atoms with Crippen molar-refractivity contribution in [1.29, 1.82) is 0 Å². The number of amides is 2. The van der Waals surface area contributed by atoms with Gasteiger partial charge in [-0.25, -0.2) is 4.79 Å². The first-order valence-electron chi connectivity index (χ1n) is 10.9. The molecular formula is C23H41N3O4. The second kappa shape index (κ2) is 10.4. The van der Waals surface area contributed by atoms with E-state index in [2.05, 4.69) is 17.1 Å². The summed E-state index contributed by atoms with van der Waals surface area (Å²) in [6.07, 6.45) is 3.38. The number of carbonyl (C=O) groups excluding carboxylic acids is 2. The lowest BCUT2D eigenvalue weighted by atomic mass is 9.84. The molecule has 172 valence electrons. The normalized spacial score (nSPS) is 23.1. The van der Waals surface area contributed by atoms with E-state index in [0.717, 1.165) is 19.4 Å². The van der Waals surface area contributed by atoms with Gasteiger partial charge in [-0.15, -0.1) is 0 Å². The molecule has 2 unspecified atom stereocenters. The fourth-order valence-electron chi connectivity index (χ4n) is 4.02. The van der Waals surface area contributed by atoms with E-state index in [-0.39, 0.29) is 35.4 Å². The number of carbonyl (C=O) groups is 3. The van der Waals surface area contributed by atoms with Gasteiger partial charge in [0.05, 0.1) is 12.1 Å². The van der Waals surface area contributed by atoms with Crippen LogP contribution >= 0.6 is 0 Å². The maximum absolute atomic E-state index is 13.5. The smallest absolute Gasteiger partial charge is 0.331 e. The van der Waals surface area contributed by atoms with Crippen molar-refractivity contribution in [1.82, 2.24) is 15.1 Å². The lowest BCUT2D eigenvalue weighted by Gasteiger charge is -2.40. The van der Waals surface area contributed by atoms with Gasteiger partial charge in [0.15, 0.2) is 0 Å². The second-order valence-corrected chi connectivity index (χ2v) is 10.3. The predicted molar refractivity (Wildman–Crippen MR) is 119 cm³/mol. The Hall–Kier alpha value is -1.89. The fraction of sp³-hybridized carbons (Fsp3) is 0.783. The molecule has 0 spiro atoms. The number of nitrogens with one attached hydrogen (secondary N) is 1. The van der Waals surface area contributed by atoms with Gasteiger partial charge in [-0.1, -0.05) is 47.6 Å². The Balaban J connectivity index is 3.09. The molecule has 7 nitrogen and oxygen atoms in total. The van der Waals surface area contributed by atoms with Gasteiger partial charge < -0.3 is 15.3 Å². The summed E-state index contributed by atoms with van der Waals surface area (Å²) in [5.74, 6) is -0.756. The monoisotopic (exact) mass is 423 g/mol. The molecule has 2 amide bonds. The number of likely N-dealkylation sites (N-methyl/N-ethyl adjacent to an activating group) is 2. The molecule has 1 rings (SSSR count). The Labute approximate surface area is 181 Å². The number of hydrogen-bond donors (Lipinski definition) is 2. The van der Waals surface area contributed by atoms with Gasteiger partial charge in [-0.05, 0) is 44.1 Å². The third-order valence-corrected chi connectivity index (χ3v) is 6.00. The van der Waals surface area contributed by atoms with Crippen molar-refractivity contribution < 1.29 is 19.5 Å². The van der Waals surface area contributed by atoms with Crippen LogP contribution in [-0.4, -0.2) is 71.5 Å². The van der Waals surface area contributed by atoms with Crippen LogP contribution in [0.1, 0.15) is 61.3 Å². The molecule has 0 aromatic heterocycles. The highest BCUT2D eigenvalue weighted by molar-refractivity contribution is 5.91. The van der Waals surface area contributed by atoms with E-state index in [4.69, 9.17) is 0 Å². The Morgan fingerprint density at radius 3 is 2.20 bits per heavy atom. The van der Waals surface area contributed by atoms with Crippen LogP contribution < -0.4 is 5.32 Å². The van der Waals surface area contributed by atoms with Gasteiger partial charge in [-0.3, -0.25) is 14.5 Å². The zero-order valence-corrected chi connectivity index (χ0v) is 20.2. The summed E-state index contributed by atoms with van der Waals surface area (Å²) in [4.78, 5) is 41.4. The van der Waals surface area contributed by atoms with Crippen molar-refractivity contribution in [2.75, 3.05) is 20.6 Å². The van der Waals surface area contributed by atoms with Crippen molar-refractivity contribution in [2.45, 2.75) is 79.4 Å². The largest absolute Gasteiger partial charge is 0.478 e.